The quantitative estimate of drug-likeness (QED) is 0.721. The molecule has 0 spiro atoms. The zero-order chi connectivity index (χ0) is 12.6. The molecule has 0 aromatic heterocycles. The summed E-state index contributed by atoms with van der Waals surface area (Å²) >= 11 is 0. The molecule has 1 aromatic rings. The summed E-state index contributed by atoms with van der Waals surface area (Å²) in [5.74, 6) is 2.44. The molecule has 4 heteroatoms. The molecule has 1 aliphatic rings. The van der Waals surface area contributed by atoms with Crippen LogP contribution in [0.4, 0.5) is 0 Å². The van der Waals surface area contributed by atoms with Crippen LogP contribution >= 0.6 is 0 Å². The van der Waals surface area contributed by atoms with E-state index in [1.165, 1.54) is 19.3 Å². The fraction of sp³-hybridized carbons (Fsp3) is 0.571. The molecule has 0 atom stereocenters. The molecule has 4 nitrogen and oxygen atoms in total. The van der Waals surface area contributed by atoms with Gasteiger partial charge in [-0.15, -0.1) is 0 Å². The Balaban J connectivity index is 1.62. The third-order valence-corrected chi connectivity index (χ3v) is 2.93. The van der Waals surface area contributed by atoms with E-state index < -0.39 is 0 Å². The number of hydrogen-bond acceptors (Lipinski definition) is 4. The van der Waals surface area contributed by atoms with E-state index in [0.717, 1.165) is 36.8 Å². The predicted molar refractivity (Wildman–Crippen MR) is 70.5 cm³/mol. The van der Waals surface area contributed by atoms with Crippen molar-refractivity contribution in [1.29, 1.82) is 0 Å². The molecule has 0 amide bonds. The number of fused-ring (bicyclic) bond motifs is 1. The van der Waals surface area contributed by atoms with Gasteiger partial charge in [-0.05, 0) is 38.6 Å². The first kappa shape index (κ1) is 13.0. The monoisotopic (exact) mass is 251 g/mol. The molecule has 0 fully saturated rings. The van der Waals surface area contributed by atoms with Crippen molar-refractivity contribution in [3.8, 4) is 17.2 Å². The molecule has 0 aliphatic carbocycles. The highest BCUT2D eigenvalue weighted by molar-refractivity contribution is 5.46. The van der Waals surface area contributed by atoms with Crippen molar-refractivity contribution in [2.24, 2.45) is 0 Å². The fourth-order valence-electron chi connectivity index (χ4n) is 1.91. The largest absolute Gasteiger partial charge is 0.493 e. The average Bonchev–Trinajstić information content (AvgIpc) is 2.85. The minimum absolute atomic E-state index is 0.310. The van der Waals surface area contributed by atoms with Gasteiger partial charge in [0.25, 0.3) is 0 Å². The lowest BCUT2D eigenvalue weighted by Gasteiger charge is -2.06. The summed E-state index contributed by atoms with van der Waals surface area (Å²) in [6.07, 6.45) is 4.80. The second kappa shape index (κ2) is 7.11. The number of unbranched alkanes of at least 4 members (excludes halogenated alkanes) is 3. The van der Waals surface area contributed by atoms with Crippen LogP contribution in [0.3, 0.4) is 0 Å². The lowest BCUT2D eigenvalue weighted by atomic mass is 10.2. The van der Waals surface area contributed by atoms with Crippen molar-refractivity contribution in [1.82, 2.24) is 5.32 Å². The predicted octanol–water partition coefficient (Wildman–Crippen LogP) is 2.57. The first-order valence-corrected chi connectivity index (χ1v) is 6.57. The molecule has 2 rings (SSSR count). The number of hydrogen-bond donors (Lipinski definition) is 1. The van der Waals surface area contributed by atoms with Gasteiger partial charge >= 0.3 is 0 Å². The number of rotatable bonds is 8. The van der Waals surface area contributed by atoms with Gasteiger partial charge < -0.3 is 19.5 Å². The highest BCUT2D eigenvalue weighted by atomic mass is 16.7. The summed E-state index contributed by atoms with van der Waals surface area (Å²) in [7, 11) is 1.99. The Morgan fingerprint density at radius 2 is 1.94 bits per heavy atom. The van der Waals surface area contributed by atoms with Crippen molar-refractivity contribution in [3.63, 3.8) is 0 Å². The van der Waals surface area contributed by atoms with E-state index in [1.807, 2.05) is 25.2 Å². The normalized spacial score (nSPS) is 12.7. The summed E-state index contributed by atoms with van der Waals surface area (Å²) in [5, 5.41) is 3.15. The Labute approximate surface area is 108 Å². The van der Waals surface area contributed by atoms with Crippen LogP contribution in [0, 0.1) is 0 Å². The minimum Gasteiger partial charge on any atom is -0.493 e. The van der Waals surface area contributed by atoms with Crippen LogP contribution in [-0.2, 0) is 0 Å². The third kappa shape index (κ3) is 3.81. The molecular formula is C14H21NO3. The van der Waals surface area contributed by atoms with E-state index in [-0.39, 0.29) is 0 Å². The van der Waals surface area contributed by atoms with Gasteiger partial charge in [0.05, 0.1) is 6.61 Å². The maximum atomic E-state index is 5.69. The molecule has 18 heavy (non-hydrogen) atoms. The minimum atomic E-state index is 0.310. The van der Waals surface area contributed by atoms with Crippen LogP contribution < -0.4 is 19.5 Å². The fourth-order valence-corrected chi connectivity index (χ4v) is 1.91. The number of ether oxygens (including phenoxy) is 3. The smallest absolute Gasteiger partial charge is 0.231 e. The van der Waals surface area contributed by atoms with Gasteiger partial charge in [-0.2, -0.15) is 0 Å². The maximum Gasteiger partial charge on any atom is 0.231 e. The van der Waals surface area contributed by atoms with Crippen molar-refractivity contribution >= 4 is 0 Å². The van der Waals surface area contributed by atoms with Crippen LogP contribution in [0.5, 0.6) is 17.2 Å². The molecule has 0 saturated heterocycles. The van der Waals surface area contributed by atoms with Gasteiger partial charge in [0.1, 0.15) is 5.75 Å². The standard InChI is InChI=1S/C14H21NO3/c1-15-8-4-2-3-5-9-16-12-6-7-13-14(10-12)18-11-17-13/h6-7,10,15H,2-5,8-9,11H2,1H3. The maximum absolute atomic E-state index is 5.69. The summed E-state index contributed by atoms with van der Waals surface area (Å²) < 4.78 is 16.2. The van der Waals surface area contributed by atoms with E-state index in [1.54, 1.807) is 0 Å². The number of benzene rings is 1. The first-order valence-electron chi connectivity index (χ1n) is 6.57. The molecule has 1 N–H and O–H groups in total. The molecule has 0 saturated carbocycles. The van der Waals surface area contributed by atoms with E-state index >= 15 is 0 Å². The van der Waals surface area contributed by atoms with Crippen molar-refractivity contribution in [2.75, 3.05) is 27.0 Å². The molecular weight excluding hydrogens is 230 g/mol. The van der Waals surface area contributed by atoms with Crippen molar-refractivity contribution in [2.45, 2.75) is 25.7 Å². The van der Waals surface area contributed by atoms with Crippen molar-refractivity contribution < 1.29 is 14.2 Å². The van der Waals surface area contributed by atoms with Gasteiger partial charge in [0.2, 0.25) is 6.79 Å². The third-order valence-electron chi connectivity index (χ3n) is 2.93. The summed E-state index contributed by atoms with van der Waals surface area (Å²) in [6.45, 7) is 2.17. The number of nitrogens with one attached hydrogen (secondary N) is 1. The molecule has 0 radical (unpaired) electrons. The summed E-state index contributed by atoms with van der Waals surface area (Å²) in [4.78, 5) is 0. The zero-order valence-corrected chi connectivity index (χ0v) is 10.9. The van der Waals surface area contributed by atoms with E-state index in [2.05, 4.69) is 5.32 Å². The first-order chi connectivity index (χ1) is 8.90. The molecule has 1 heterocycles. The Morgan fingerprint density at radius 3 is 2.83 bits per heavy atom. The Kier molecular flexibility index (Phi) is 5.15. The van der Waals surface area contributed by atoms with E-state index in [0.29, 0.717) is 6.79 Å². The summed E-state index contributed by atoms with van der Waals surface area (Å²) in [5.41, 5.74) is 0. The SMILES string of the molecule is CNCCCCCCOc1ccc2c(c1)OCO2. The van der Waals surface area contributed by atoms with Crippen molar-refractivity contribution in [3.05, 3.63) is 18.2 Å². The molecule has 1 aromatic carbocycles. The molecule has 0 unspecified atom stereocenters. The van der Waals surface area contributed by atoms with Gasteiger partial charge in [-0.3, -0.25) is 0 Å². The Morgan fingerprint density at radius 1 is 1.11 bits per heavy atom. The highest BCUT2D eigenvalue weighted by Gasteiger charge is 2.13. The van der Waals surface area contributed by atoms with Gasteiger partial charge in [-0.25, -0.2) is 0 Å². The lowest BCUT2D eigenvalue weighted by molar-refractivity contribution is 0.173. The van der Waals surface area contributed by atoms with Crippen LogP contribution in [0.15, 0.2) is 18.2 Å². The highest BCUT2D eigenvalue weighted by Crippen LogP contribution is 2.35. The second-order valence-corrected chi connectivity index (χ2v) is 4.38. The molecule has 100 valence electrons. The van der Waals surface area contributed by atoms with Gasteiger partial charge in [0.15, 0.2) is 11.5 Å². The van der Waals surface area contributed by atoms with Crippen LogP contribution in [0.25, 0.3) is 0 Å². The summed E-state index contributed by atoms with van der Waals surface area (Å²) in [6, 6.07) is 5.71. The average molecular weight is 251 g/mol. The Hall–Kier alpha value is -1.42. The van der Waals surface area contributed by atoms with Crippen LogP contribution in [0.1, 0.15) is 25.7 Å². The van der Waals surface area contributed by atoms with Crippen LogP contribution in [-0.4, -0.2) is 27.0 Å². The van der Waals surface area contributed by atoms with E-state index in [4.69, 9.17) is 14.2 Å². The van der Waals surface area contributed by atoms with Gasteiger partial charge in [-0.1, -0.05) is 12.8 Å². The lowest BCUT2D eigenvalue weighted by Crippen LogP contribution is -2.07. The van der Waals surface area contributed by atoms with Crippen LogP contribution in [0.2, 0.25) is 0 Å². The topological polar surface area (TPSA) is 39.7 Å². The molecule has 1 aliphatic heterocycles. The second-order valence-electron chi connectivity index (χ2n) is 4.38. The molecule has 0 bridgehead atoms. The van der Waals surface area contributed by atoms with Gasteiger partial charge in [0, 0.05) is 6.07 Å². The Bertz CT molecular complexity index is 368. The zero-order valence-electron chi connectivity index (χ0n) is 10.9. The van der Waals surface area contributed by atoms with E-state index in [9.17, 15) is 0 Å².